The average Bonchev–Trinajstić information content (AvgIpc) is 2.28. The normalized spacial score (nSPS) is 21.5. The first-order valence-electron chi connectivity index (χ1n) is 5.40. The molecule has 1 N–H and O–H groups in total. The fourth-order valence-corrected chi connectivity index (χ4v) is 1.84. The van der Waals surface area contributed by atoms with Crippen LogP contribution in [-0.2, 0) is 11.2 Å². The average molecular weight is 209 g/mol. The predicted molar refractivity (Wildman–Crippen MR) is 57.3 cm³/mol. The molecule has 0 bridgehead atoms. The van der Waals surface area contributed by atoms with Crippen molar-refractivity contribution in [3.63, 3.8) is 0 Å². The fourth-order valence-electron chi connectivity index (χ4n) is 1.84. The van der Waals surface area contributed by atoms with Crippen molar-refractivity contribution >= 4 is 0 Å². The van der Waals surface area contributed by atoms with Gasteiger partial charge in [-0.1, -0.05) is 12.1 Å². The zero-order chi connectivity index (χ0) is 10.5. The van der Waals surface area contributed by atoms with Gasteiger partial charge in [-0.3, -0.25) is 0 Å². The number of nitrogens with one attached hydrogen (secondary N) is 1. The molecule has 0 aromatic heterocycles. The zero-order valence-electron chi connectivity index (χ0n) is 8.71. The number of aryl methyl sites for hydroxylation is 1. The molecule has 0 aliphatic carbocycles. The number of ether oxygens (including phenoxy) is 1. The Kier molecular flexibility index (Phi) is 3.69. The van der Waals surface area contributed by atoms with Gasteiger partial charge in [-0.2, -0.15) is 0 Å². The smallest absolute Gasteiger partial charge is 0.123 e. The number of rotatable bonds is 3. The summed E-state index contributed by atoms with van der Waals surface area (Å²) in [6, 6.07) is 7.22. The molecule has 15 heavy (non-hydrogen) atoms. The molecule has 2 nitrogen and oxygen atoms in total. The fraction of sp³-hybridized carbons (Fsp3) is 0.500. The summed E-state index contributed by atoms with van der Waals surface area (Å²) in [4.78, 5) is 0. The molecular weight excluding hydrogens is 193 g/mol. The Morgan fingerprint density at radius 1 is 1.47 bits per heavy atom. The molecule has 1 atom stereocenters. The number of morpholine rings is 1. The molecule has 82 valence electrons. The minimum absolute atomic E-state index is 0.152. The van der Waals surface area contributed by atoms with Crippen LogP contribution in [0.5, 0.6) is 0 Å². The van der Waals surface area contributed by atoms with Gasteiger partial charge < -0.3 is 10.1 Å². The highest BCUT2D eigenvalue weighted by Crippen LogP contribution is 2.09. The van der Waals surface area contributed by atoms with Crippen molar-refractivity contribution in [2.24, 2.45) is 0 Å². The van der Waals surface area contributed by atoms with E-state index in [1.165, 1.54) is 6.07 Å². The van der Waals surface area contributed by atoms with E-state index in [-0.39, 0.29) is 5.82 Å². The largest absolute Gasteiger partial charge is 0.379 e. The maximum absolute atomic E-state index is 12.9. The summed E-state index contributed by atoms with van der Waals surface area (Å²) in [6.45, 7) is 2.50. The predicted octanol–water partition coefficient (Wildman–Crippen LogP) is 1.75. The summed E-state index contributed by atoms with van der Waals surface area (Å²) >= 11 is 0. The van der Waals surface area contributed by atoms with Crippen LogP contribution in [0, 0.1) is 5.82 Å². The van der Waals surface area contributed by atoms with Gasteiger partial charge in [-0.15, -0.1) is 0 Å². The van der Waals surface area contributed by atoms with Gasteiger partial charge in [-0.25, -0.2) is 4.39 Å². The van der Waals surface area contributed by atoms with Crippen molar-refractivity contribution < 1.29 is 9.13 Å². The first-order valence-corrected chi connectivity index (χ1v) is 5.40. The van der Waals surface area contributed by atoms with Crippen LogP contribution in [0.1, 0.15) is 12.0 Å². The first kappa shape index (κ1) is 10.6. The first-order chi connectivity index (χ1) is 7.34. The lowest BCUT2D eigenvalue weighted by Gasteiger charge is -2.23. The van der Waals surface area contributed by atoms with Gasteiger partial charge in [0.1, 0.15) is 5.82 Å². The number of benzene rings is 1. The van der Waals surface area contributed by atoms with E-state index in [4.69, 9.17) is 4.74 Å². The van der Waals surface area contributed by atoms with Crippen molar-refractivity contribution in [1.82, 2.24) is 5.32 Å². The molecule has 1 fully saturated rings. The zero-order valence-corrected chi connectivity index (χ0v) is 8.71. The van der Waals surface area contributed by atoms with Crippen LogP contribution in [-0.4, -0.2) is 25.8 Å². The van der Waals surface area contributed by atoms with Gasteiger partial charge in [0.2, 0.25) is 0 Å². The standard InChI is InChI=1S/C12H16FNO/c13-11-3-1-2-10(8-11)4-5-12-9-15-7-6-14-12/h1-3,8,12,14H,4-7,9H2. The van der Waals surface area contributed by atoms with E-state index >= 15 is 0 Å². The molecule has 1 saturated heterocycles. The molecule has 0 radical (unpaired) electrons. The van der Waals surface area contributed by atoms with Gasteiger partial charge in [0, 0.05) is 12.6 Å². The van der Waals surface area contributed by atoms with Crippen LogP contribution >= 0.6 is 0 Å². The third-order valence-electron chi connectivity index (χ3n) is 2.67. The quantitative estimate of drug-likeness (QED) is 0.818. The number of halogens is 1. The Morgan fingerprint density at radius 3 is 3.13 bits per heavy atom. The number of hydrogen-bond donors (Lipinski definition) is 1. The van der Waals surface area contributed by atoms with E-state index < -0.39 is 0 Å². The lowest BCUT2D eigenvalue weighted by Crippen LogP contribution is -2.41. The van der Waals surface area contributed by atoms with E-state index in [0.29, 0.717) is 6.04 Å². The van der Waals surface area contributed by atoms with Gasteiger partial charge in [0.25, 0.3) is 0 Å². The van der Waals surface area contributed by atoms with Crippen LogP contribution < -0.4 is 5.32 Å². The van der Waals surface area contributed by atoms with Crippen molar-refractivity contribution in [2.75, 3.05) is 19.8 Å². The lowest BCUT2D eigenvalue weighted by atomic mass is 10.1. The molecule has 0 spiro atoms. The molecule has 1 aromatic rings. The lowest BCUT2D eigenvalue weighted by molar-refractivity contribution is 0.0743. The third-order valence-corrected chi connectivity index (χ3v) is 2.67. The molecule has 1 aromatic carbocycles. The van der Waals surface area contributed by atoms with Gasteiger partial charge in [0.15, 0.2) is 0 Å². The van der Waals surface area contributed by atoms with Gasteiger partial charge in [0.05, 0.1) is 13.2 Å². The molecule has 1 unspecified atom stereocenters. The maximum Gasteiger partial charge on any atom is 0.123 e. The van der Waals surface area contributed by atoms with Crippen molar-refractivity contribution in [1.29, 1.82) is 0 Å². The topological polar surface area (TPSA) is 21.3 Å². The maximum atomic E-state index is 12.9. The van der Waals surface area contributed by atoms with Gasteiger partial charge >= 0.3 is 0 Å². The van der Waals surface area contributed by atoms with E-state index in [1.54, 1.807) is 12.1 Å². The van der Waals surface area contributed by atoms with Crippen LogP contribution in [0.2, 0.25) is 0 Å². The third kappa shape index (κ3) is 3.29. The second-order valence-corrected chi connectivity index (χ2v) is 3.89. The summed E-state index contributed by atoms with van der Waals surface area (Å²) in [5.41, 5.74) is 1.06. The molecule has 0 amide bonds. The number of hydrogen-bond acceptors (Lipinski definition) is 2. The molecule has 3 heteroatoms. The minimum atomic E-state index is -0.152. The highest BCUT2D eigenvalue weighted by atomic mass is 19.1. The van der Waals surface area contributed by atoms with Crippen molar-refractivity contribution in [2.45, 2.75) is 18.9 Å². The molecule has 1 aliphatic rings. The van der Waals surface area contributed by atoms with Crippen LogP contribution in [0.15, 0.2) is 24.3 Å². The Hall–Kier alpha value is -0.930. The molecular formula is C12H16FNO. The van der Waals surface area contributed by atoms with Crippen molar-refractivity contribution in [3.8, 4) is 0 Å². The Balaban J connectivity index is 1.81. The minimum Gasteiger partial charge on any atom is -0.379 e. The van der Waals surface area contributed by atoms with E-state index in [2.05, 4.69) is 5.32 Å². The summed E-state index contributed by atoms with van der Waals surface area (Å²) in [6.07, 6.45) is 1.90. The van der Waals surface area contributed by atoms with Crippen LogP contribution in [0.25, 0.3) is 0 Å². The summed E-state index contributed by atoms with van der Waals surface area (Å²) in [5.74, 6) is -0.152. The second kappa shape index (κ2) is 5.24. The molecule has 0 saturated carbocycles. The Morgan fingerprint density at radius 2 is 2.40 bits per heavy atom. The summed E-state index contributed by atoms with van der Waals surface area (Å²) < 4.78 is 18.3. The SMILES string of the molecule is Fc1cccc(CCC2COCCN2)c1. The molecule has 2 rings (SSSR count). The van der Waals surface area contributed by atoms with Crippen LogP contribution in [0.3, 0.4) is 0 Å². The molecule has 1 aliphatic heterocycles. The van der Waals surface area contributed by atoms with Crippen molar-refractivity contribution in [3.05, 3.63) is 35.6 Å². The summed E-state index contributed by atoms with van der Waals surface area (Å²) in [7, 11) is 0. The summed E-state index contributed by atoms with van der Waals surface area (Å²) in [5, 5.41) is 3.39. The van der Waals surface area contributed by atoms with E-state index in [1.807, 2.05) is 6.07 Å². The van der Waals surface area contributed by atoms with Gasteiger partial charge in [-0.05, 0) is 30.5 Å². The molecule has 1 heterocycles. The Bertz CT molecular complexity index is 310. The highest BCUT2D eigenvalue weighted by molar-refractivity contribution is 5.16. The second-order valence-electron chi connectivity index (χ2n) is 3.89. The van der Waals surface area contributed by atoms with Crippen LogP contribution in [0.4, 0.5) is 4.39 Å². The Labute approximate surface area is 89.4 Å². The van der Waals surface area contributed by atoms with E-state index in [0.717, 1.165) is 38.2 Å². The monoisotopic (exact) mass is 209 g/mol. The highest BCUT2D eigenvalue weighted by Gasteiger charge is 2.12. The van der Waals surface area contributed by atoms with E-state index in [9.17, 15) is 4.39 Å².